The second kappa shape index (κ2) is 9.37. The van der Waals surface area contributed by atoms with Crippen LogP contribution in [0.4, 0.5) is 5.69 Å². The monoisotopic (exact) mass is 404 g/mol. The van der Waals surface area contributed by atoms with Gasteiger partial charge >= 0.3 is 5.97 Å². The lowest BCUT2D eigenvalue weighted by molar-refractivity contribution is -0.137. The molecule has 0 atom stereocenters. The standard InChI is InChI=1S/C20H24N2O3S2/c23-18(24)6-5-13-22-19(25)17(27-20(22)26)14-15-7-9-16(10-8-15)21-11-3-1-2-4-12-21/h7-10,14H,1-6,11-13H2,(H,23,24)/b17-14+. The van der Waals surface area contributed by atoms with Gasteiger partial charge in [-0.05, 0) is 43.0 Å². The molecule has 0 saturated carbocycles. The number of carboxylic acid groups (broad SMARTS) is 1. The summed E-state index contributed by atoms with van der Waals surface area (Å²) < 4.78 is 0.498. The zero-order chi connectivity index (χ0) is 19.2. The molecule has 27 heavy (non-hydrogen) atoms. The van der Waals surface area contributed by atoms with E-state index in [-0.39, 0.29) is 12.3 Å². The number of aliphatic carboxylic acids is 1. The van der Waals surface area contributed by atoms with Crippen LogP contribution < -0.4 is 4.90 Å². The van der Waals surface area contributed by atoms with Gasteiger partial charge in [0, 0.05) is 31.7 Å². The summed E-state index contributed by atoms with van der Waals surface area (Å²) in [5.74, 6) is -0.993. The second-order valence-corrected chi connectivity index (χ2v) is 8.50. The molecule has 2 saturated heterocycles. The molecule has 1 aromatic carbocycles. The average Bonchev–Trinajstić information content (AvgIpc) is 2.85. The quantitative estimate of drug-likeness (QED) is 0.568. The molecule has 5 nitrogen and oxygen atoms in total. The second-order valence-electron chi connectivity index (χ2n) is 6.82. The minimum Gasteiger partial charge on any atom is -0.481 e. The van der Waals surface area contributed by atoms with E-state index >= 15 is 0 Å². The van der Waals surface area contributed by atoms with E-state index < -0.39 is 5.97 Å². The van der Waals surface area contributed by atoms with E-state index in [1.165, 1.54) is 48.0 Å². The van der Waals surface area contributed by atoms with Gasteiger partial charge < -0.3 is 10.0 Å². The summed E-state index contributed by atoms with van der Waals surface area (Å²) in [6.07, 6.45) is 7.40. The van der Waals surface area contributed by atoms with Crippen molar-refractivity contribution in [1.82, 2.24) is 4.90 Å². The summed E-state index contributed by atoms with van der Waals surface area (Å²) in [6, 6.07) is 8.31. The predicted octanol–water partition coefficient (Wildman–Crippen LogP) is 4.13. The highest BCUT2D eigenvalue weighted by Gasteiger charge is 2.31. The molecule has 2 fully saturated rings. The Balaban J connectivity index is 1.64. The van der Waals surface area contributed by atoms with Crippen LogP contribution in [0.1, 0.15) is 44.1 Å². The molecular weight excluding hydrogens is 380 g/mol. The number of hydrogen-bond donors (Lipinski definition) is 1. The van der Waals surface area contributed by atoms with Crippen molar-refractivity contribution >= 4 is 51.9 Å². The molecule has 0 aromatic heterocycles. The minimum atomic E-state index is -0.861. The molecule has 1 aromatic rings. The van der Waals surface area contributed by atoms with Crippen molar-refractivity contribution in [3.8, 4) is 0 Å². The lowest BCUT2D eigenvalue weighted by Crippen LogP contribution is -2.29. The fourth-order valence-electron chi connectivity index (χ4n) is 3.34. The number of hydrogen-bond acceptors (Lipinski definition) is 5. The lowest BCUT2D eigenvalue weighted by atomic mass is 10.1. The predicted molar refractivity (Wildman–Crippen MR) is 114 cm³/mol. The van der Waals surface area contributed by atoms with E-state index in [0.29, 0.717) is 22.2 Å². The van der Waals surface area contributed by atoms with Crippen LogP contribution in [0.2, 0.25) is 0 Å². The maximum atomic E-state index is 12.5. The van der Waals surface area contributed by atoms with Gasteiger partial charge in [0.25, 0.3) is 5.91 Å². The average molecular weight is 405 g/mol. The van der Waals surface area contributed by atoms with Gasteiger partial charge in [0.15, 0.2) is 0 Å². The number of carbonyl (C=O) groups excluding carboxylic acids is 1. The van der Waals surface area contributed by atoms with Crippen molar-refractivity contribution in [3.63, 3.8) is 0 Å². The maximum Gasteiger partial charge on any atom is 0.303 e. The van der Waals surface area contributed by atoms with Gasteiger partial charge in [-0.15, -0.1) is 0 Å². The number of benzene rings is 1. The summed E-state index contributed by atoms with van der Waals surface area (Å²) in [7, 11) is 0. The van der Waals surface area contributed by atoms with Gasteiger partial charge in [-0.2, -0.15) is 0 Å². The van der Waals surface area contributed by atoms with Crippen LogP contribution in [0.5, 0.6) is 0 Å². The molecule has 2 heterocycles. The van der Waals surface area contributed by atoms with E-state index in [0.717, 1.165) is 18.7 Å². The van der Waals surface area contributed by atoms with Gasteiger partial charge in [-0.3, -0.25) is 14.5 Å². The highest BCUT2D eigenvalue weighted by atomic mass is 32.2. The zero-order valence-electron chi connectivity index (χ0n) is 15.2. The number of carboxylic acids is 1. The number of thiocarbonyl (C=S) groups is 1. The van der Waals surface area contributed by atoms with Crippen molar-refractivity contribution in [2.24, 2.45) is 0 Å². The third kappa shape index (κ3) is 5.32. The van der Waals surface area contributed by atoms with E-state index in [1.807, 2.05) is 18.2 Å². The first kappa shape index (κ1) is 19.9. The Hall–Kier alpha value is -1.86. The summed E-state index contributed by atoms with van der Waals surface area (Å²) in [5, 5.41) is 8.74. The third-order valence-corrected chi connectivity index (χ3v) is 6.19. The Morgan fingerprint density at radius 3 is 2.44 bits per heavy atom. The molecule has 0 bridgehead atoms. The number of thioether (sulfide) groups is 1. The summed E-state index contributed by atoms with van der Waals surface area (Å²) in [5.41, 5.74) is 2.20. The van der Waals surface area contributed by atoms with Crippen LogP contribution in [-0.4, -0.2) is 45.8 Å². The maximum absolute atomic E-state index is 12.5. The zero-order valence-corrected chi connectivity index (χ0v) is 16.9. The minimum absolute atomic E-state index is 0.0358. The van der Waals surface area contributed by atoms with Crippen molar-refractivity contribution in [2.45, 2.75) is 38.5 Å². The first-order valence-electron chi connectivity index (χ1n) is 9.37. The first-order valence-corrected chi connectivity index (χ1v) is 10.6. The number of nitrogens with zero attached hydrogens (tertiary/aromatic N) is 2. The van der Waals surface area contributed by atoms with Crippen LogP contribution in [0.3, 0.4) is 0 Å². The van der Waals surface area contributed by atoms with Crippen LogP contribution in [-0.2, 0) is 9.59 Å². The molecule has 2 aliphatic rings. The Morgan fingerprint density at radius 1 is 1.15 bits per heavy atom. The molecule has 1 N–H and O–H groups in total. The van der Waals surface area contributed by atoms with Gasteiger partial charge in [-0.1, -0.05) is 49.0 Å². The molecule has 0 spiro atoms. The lowest BCUT2D eigenvalue weighted by Gasteiger charge is -2.22. The van der Waals surface area contributed by atoms with E-state index in [2.05, 4.69) is 17.0 Å². The van der Waals surface area contributed by atoms with Crippen molar-refractivity contribution in [2.75, 3.05) is 24.5 Å². The van der Waals surface area contributed by atoms with E-state index in [1.54, 1.807) is 0 Å². The third-order valence-electron chi connectivity index (χ3n) is 4.81. The molecule has 7 heteroatoms. The highest BCUT2D eigenvalue weighted by Crippen LogP contribution is 2.33. The topological polar surface area (TPSA) is 60.9 Å². The van der Waals surface area contributed by atoms with Crippen LogP contribution in [0.15, 0.2) is 29.2 Å². The van der Waals surface area contributed by atoms with Crippen LogP contribution in [0.25, 0.3) is 6.08 Å². The Labute approximate surface area is 169 Å². The fraction of sp³-hybridized carbons (Fsp3) is 0.450. The fourth-order valence-corrected chi connectivity index (χ4v) is 4.65. The van der Waals surface area contributed by atoms with Crippen molar-refractivity contribution in [1.29, 1.82) is 0 Å². The van der Waals surface area contributed by atoms with Crippen molar-refractivity contribution < 1.29 is 14.7 Å². The Morgan fingerprint density at radius 2 is 1.81 bits per heavy atom. The first-order chi connectivity index (χ1) is 13.0. The van der Waals surface area contributed by atoms with Gasteiger partial charge in [0.1, 0.15) is 4.32 Å². The molecule has 0 radical (unpaired) electrons. The smallest absolute Gasteiger partial charge is 0.303 e. The van der Waals surface area contributed by atoms with Gasteiger partial charge in [-0.25, -0.2) is 0 Å². The van der Waals surface area contributed by atoms with Crippen molar-refractivity contribution in [3.05, 3.63) is 34.7 Å². The molecular formula is C20H24N2O3S2. The van der Waals surface area contributed by atoms with E-state index in [4.69, 9.17) is 17.3 Å². The highest BCUT2D eigenvalue weighted by molar-refractivity contribution is 8.26. The normalized spacial score (nSPS) is 19.6. The molecule has 0 unspecified atom stereocenters. The SMILES string of the molecule is O=C(O)CCCN1C(=O)/C(=C\c2ccc(N3CCCCCC3)cc2)SC1=S. The molecule has 1 amide bonds. The molecule has 144 valence electrons. The van der Waals surface area contributed by atoms with Gasteiger partial charge in [0.2, 0.25) is 0 Å². The number of carbonyl (C=O) groups is 2. The van der Waals surface area contributed by atoms with Crippen LogP contribution in [0, 0.1) is 0 Å². The number of amides is 1. The molecule has 2 aliphatic heterocycles. The number of anilines is 1. The Kier molecular flexibility index (Phi) is 6.90. The van der Waals surface area contributed by atoms with Crippen LogP contribution >= 0.6 is 24.0 Å². The largest absolute Gasteiger partial charge is 0.481 e. The van der Waals surface area contributed by atoms with Gasteiger partial charge in [0.05, 0.1) is 4.91 Å². The Bertz CT molecular complexity index is 738. The summed E-state index contributed by atoms with van der Waals surface area (Å²) in [4.78, 5) is 27.7. The van der Waals surface area contributed by atoms with E-state index in [9.17, 15) is 9.59 Å². The summed E-state index contributed by atoms with van der Waals surface area (Å²) >= 11 is 6.56. The summed E-state index contributed by atoms with van der Waals surface area (Å²) in [6.45, 7) is 2.56. The molecule has 3 rings (SSSR count). The molecule has 0 aliphatic carbocycles. The number of rotatable bonds is 6.